The highest BCUT2D eigenvalue weighted by Gasteiger charge is 2.18. The van der Waals surface area contributed by atoms with Crippen molar-refractivity contribution in [2.75, 3.05) is 11.9 Å². The second kappa shape index (κ2) is 10.1. The summed E-state index contributed by atoms with van der Waals surface area (Å²) in [5, 5.41) is 2.93. The molecule has 2 amide bonds. The Kier molecular flexibility index (Phi) is 6.78. The molecule has 0 bridgehead atoms. The fourth-order valence-corrected chi connectivity index (χ4v) is 3.53. The minimum atomic E-state index is -0.260. The van der Waals surface area contributed by atoms with Gasteiger partial charge in [0.05, 0.1) is 0 Å². The van der Waals surface area contributed by atoms with Crippen molar-refractivity contribution in [3.05, 3.63) is 113 Å². The molecule has 0 unspecified atom stereocenters. The zero-order valence-corrected chi connectivity index (χ0v) is 19.4. The predicted molar refractivity (Wildman–Crippen MR) is 134 cm³/mol. The molecular formula is C28H26N4O2. The first-order chi connectivity index (χ1) is 16.4. The number of nitrogens with zero attached hydrogens (tertiary/aromatic N) is 3. The van der Waals surface area contributed by atoms with Gasteiger partial charge in [-0.25, -0.2) is 4.98 Å². The molecule has 0 aliphatic carbocycles. The van der Waals surface area contributed by atoms with Gasteiger partial charge in [0.1, 0.15) is 5.82 Å². The number of pyridine rings is 2. The van der Waals surface area contributed by atoms with E-state index in [1.807, 2.05) is 68.4 Å². The standard InChI is InChI=1S/C28H26N4O2/c1-19-7-11-22(12-8-19)23-14-24(27(33)31-18-21-10-9-20(2)30-17-21)16-25(15-23)28(34)32(3)26-6-4-5-13-29-26/h4-17H,18H2,1-3H3,(H,31,33). The Balaban J connectivity index is 1.66. The summed E-state index contributed by atoms with van der Waals surface area (Å²) in [6.45, 7) is 4.28. The number of carbonyl (C=O) groups excluding carboxylic acids is 2. The zero-order chi connectivity index (χ0) is 24.1. The largest absolute Gasteiger partial charge is 0.348 e. The Morgan fingerprint density at radius 2 is 1.62 bits per heavy atom. The number of aryl methyl sites for hydroxylation is 2. The van der Waals surface area contributed by atoms with E-state index in [1.54, 1.807) is 37.6 Å². The second-order valence-corrected chi connectivity index (χ2v) is 8.21. The lowest BCUT2D eigenvalue weighted by molar-refractivity contribution is 0.0951. The number of rotatable bonds is 6. The van der Waals surface area contributed by atoms with Crippen molar-refractivity contribution in [3.63, 3.8) is 0 Å². The lowest BCUT2D eigenvalue weighted by Gasteiger charge is -2.17. The molecule has 34 heavy (non-hydrogen) atoms. The third-order valence-corrected chi connectivity index (χ3v) is 5.55. The molecule has 0 atom stereocenters. The fraction of sp³-hybridized carbons (Fsp3) is 0.143. The maximum Gasteiger partial charge on any atom is 0.259 e. The molecular weight excluding hydrogens is 424 g/mol. The van der Waals surface area contributed by atoms with Crippen LogP contribution in [0.4, 0.5) is 5.82 Å². The van der Waals surface area contributed by atoms with Crippen LogP contribution < -0.4 is 10.2 Å². The number of carbonyl (C=O) groups is 2. The normalized spacial score (nSPS) is 10.6. The minimum Gasteiger partial charge on any atom is -0.348 e. The van der Waals surface area contributed by atoms with Gasteiger partial charge in [0.25, 0.3) is 11.8 Å². The summed E-state index contributed by atoms with van der Waals surface area (Å²) in [6, 6.07) is 22.5. The van der Waals surface area contributed by atoms with Crippen LogP contribution in [0.2, 0.25) is 0 Å². The highest BCUT2D eigenvalue weighted by atomic mass is 16.2. The monoisotopic (exact) mass is 450 g/mol. The summed E-state index contributed by atoms with van der Waals surface area (Å²) in [5.41, 5.74) is 5.50. The maximum atomic E-state index is 13.3. The first-order valence-electron chi connectivity index (χ1n) is 11.0. The number of aromatic nitrogens is 2. The van der Waals surface area contributed by atoms with Crippen molar-refractivity contribution in [1.82, 2.24) is 15.3 Å². The highest BCUT2D eigenvalue weighted by Crippen LogP contribution is 2.25. The van der Waals surface area contributed by atoms with E-state index >= 15 is 0 Å². The molecule has 0 fully saturated rings. The van der Waals surface area contributed by atoms with E-state index in [9.17, 15) is 9.59 Å². The van der Waals surface area contributed by atoms with Crippen LogP contribution in [0.25, 0.3) is 11.1 Å². The first kappa shape index (κ1) is 22.9. The molecule has 2 aromatic carbocycles. The molecule has 0 radical (unpaired) electrons. The molecule has 0 aliphatic heterocycles. The molecule has 2 heterocycles. The molecule has 170 valence electrons. The van der Waals surface area contributed by atoms with E-state index in [2.05, 4.69) is 15.3 Å². The van der Waals surface area contributed by atoms with Crippen molar-refractivity contribution in [2.45, 2.75) is 20.4 Å². The van der Waals surface area contributed by atoms with E-state index in [1.165, 1.54) is 4.90 Å². The molecule has 2 aromatic heterocycles. The topological polar surface area (TPSA) is 75.2 Å². The van der Waals surface area contributed by atoms with Gasteiger partial charge in [0.2, 0.25) is 0 Å². The summed E-state index contributed by atoms with van der Waals surface area (Å²) < 4.78 is 0. The number of hydrogen-bond acceptors (Lipinski definition) is 4. The Bertz CT molecular complexity index is 1300. The molecule has 4 aromatic rings. The number of amides is 2. The van der Waals surface area contributed by atoms with E-state index in [4.69, 9.17) is 0 Å². The summed E-state index contributed by atoms with van der Waals surface area (Å²) in [7, 11) is 1.67. The minimum absolute atomic E-state index is 0.246. The van der Waals surface area contributed by atoms with E-state index < -0.39 is 0 Å². The molecule has 1 N–H and O–H groups in total. The lowest BCUT2D eigenvalue weighted by atomic mass is 9.98. The first-order valence-corrected chi connectivity index (χ1v) is 11.0. The van der Waals surface area contributed by atoms with Gasteiger partial charge in [-0.3, -0.25) is 19.5 Å². The Labute approximate surface area is 199 Å². The van der Waals surface area contributed by atoms with Gasteiger partial charge in [-0.05, 0) is 66.9 Å². The summed E-state index contributed by atoms with van der Waals surface area (Å²) in [4.78, 5) is 36.4. The summed E-state index contributed by atoms with van der Waals surface area (Å²) in [5.74, 6) is 0.0274. The van der Waals surface area contributed by atoms with Gasteiger partial charge in [0, 0.05) is 42.8 Å². The van der Waals surface area contributed by atoms with Crippen molar-refractivity contribution in [2.24, 2.45) is 0 Å². The molecule has 0 saturated heterocycles. The number of hydrogen-bond donors (Lipinski definition) is 1. The Morgan fingerprint density at radius 1 is 0.853 bits per heavy atom. The fourth-order valence-electron chi connectivity index (χ4n) is 3.53. The van der Waals surface area contributed by atoms with Crippen LogP contribution in [0.5, 0.6) is 0 Å². The van der Waals surface area contributed by atoms with Crippen LogP contribution >= 0.6 is 0 Å². The molecule has 0 spiro atoms. The quantitative estimate of drug-likeness (QED) is 0.450. The van der Waals surface area contributed by atoms with Gasteiger partial charge in [-0.2, -0.15) is 0 Å². The van der Waals surface area contributed by atoms with Gasteiger partial charge in [-0.1, -0.05) is 42.0 Å². The number of benzene rings is 2. The molecule has 0 saturated carbocycles. The summed E-state index contributed by atoms with van der Waals surface area (Å²) in [6.07, 6.45) is 3.38. The van der Waals surface area contributed by atoms with E-state index in [0.717, 1.165) is 27.9 Å². The van der Waals surface area contributed by atoms with Crippen LogP contribution in [0.1, 0.15) is 37.5 Å². The van der Waals surface area contributed by atoms with Gasteiger partial charge >= 0.3 is 0 Å². The maximum absolute atomic E-state index is 13.3. The SMILES string of the molecule is Cc1ccc(-c2cc(C(=O)NCc3ccc(C)nc3)cc(C(=O)N(C)c3ccccn3)c2)cc1. The van der Waals surface area contributed by atoms with Gasteiger partial charge < -0.3 is 5.32 Å². The van der Waals surface area contributed by atoms with Crippen LogP contribution in [0.15, 0.2) is 85.2 Å². The average Bonchev–Trinajstić information content (AvgIpc) is 2.88. The van der Waals surface area contributed by atoms with Crippen molar-refractivity contribution < 1.29 is 9.59 Å². The number of nitrogens with one attached hydrogen (secondary N) is 1. The van der Waals surface area contributed by atoms with Crippen LogP contribution in [-0.2, 0) is 6.54 Å². The van der Waals surface area contributed by atoms with Crippen molar-refractivity contribution in [3.8, 4) is 11.1 Å². The molecule has 4 rings (SSSR count). The lowest BCUT2D eigenvalue weighted by Crippen LogP contribution is -2.28. The van der Waals surface area contributed by atoms with E-state index in [-0.39, 0.29) is 11.8 Å². The average molecular weight is 451 g/mol. The van der Waals surface area contributed by atoms with E-state index in [0.29, 0.717) is 23.5 Å². The van der Waals surface area contributed by atoms with Crippen molar-refractivity contribution in [1.29, 1.82) is 0 Å². The Hall–Kier alpha value is -4.32. The summed E-state index contributed by atoms with van der Waals surface area (Å²) >= 11 is 0. The van der Waals surface area contributed by atoms with Gasteiger partial charge in [0.15, 0.2) is 0 Å². The molecule has 6 nitrogen and oxygen atoms in total. The van der Waals surface area contributed by atoms with Crippen molar-refractivity contribution >= 4 is 17.6 Å². The second-order valence-electron chi connectivity index (χ2n) is 8.21. The third kappa shape index (κ3) is 5.35. The highest BCUT2D eigenvalue weighted by molar-refractivity contribution is 6.08. The smallest absolute Gasteiger partial charge is 0.259 e. The van der Waals surface area contributed by atoms with Crippen LogP contribution in [0, 0.1) is 13.8 Å². The molecule has 0 aliphatic rings. The van der Waals surface area contributed by atoms with Crippen LogP contribution in [-0.4, -0.2) is 28.8 Å². The Morgan fingerprint density at radius 3 is 2.29 bits per heavy atom. The number of anilines is 1. The molecule has 6 heteroatoms. The predicted octanol–water partition coefficient (Wildman–Crippen LogP) is 4.97. The zero-order valence-electron chi connectivity index (χ0n) is 19.4. The van der Waals surface area contributed by atoms with Crippen LogP contribution in [0.3, 0.4) is 0 Å². The third-order valence-electron chi connectivity index (χ3n) is 5.55. The van der Waals surface area contributed by atoms with Gasteiger partial charge in [-0.15, -0.1) is 0 Å².